The molecule has 0 radical (unpaired) electrons. The van der Waals surface area contributed by atoms with Crippen molar-refractivity contribution in [2.75, 3.05) is 13.2 Å². The van der Waals surface area contributed by atoms with Gasteiger partial charge in [0, 0.05) is 17.6 Å². The van der Waals surface area contributed by atoms with Gasteiger partial charge in [-0.05, 0) is 30.2 Å². The third kappa shape index (κ3) is 5.32. The number of nitrogens with zero attached hydrogens (tertiary/aromatic N) is 1. The van der Waals surface area contributed by atoms with E-state index in [1.807, 2.05) is 12.1 Å². The quantitative estimate of drug-likeness (QED) is 0.460. The predicted octanol–water partition coefficient (Wildman–Crippen LogP) is 2.83. The molecule has 126 valence electrons. The zero-order valence-electron chi connectivity index (χ0n) is 12.4. The van der Waals surface area contributed by atoms with Crippen molar-refractivity contribution in [2.24, 2.45) is 0 Å². The summed E-state index contributed by atoms with van der Waals surface area (Å²) in [5, 5.41) is 13.6. The molecular formula is C15H13ClN2O5S. The van der Waals surface area contributed by atoms with Crippen LogP contribution in [0.4, 0.5) is 5.00 Å². The Kier molecular flexibility index (Phi) is 6.28. The average Bonchev–Trinajstić information content (AvgIpc) is 3.03. The molecule has 2 aromatic rings. The molecular weight excluding hydrogens is 356 g/mol. The van der Waals surface area contributed by atoms with E-state index in [1.54, 1.807) is 12.1 Å². The molecule has 2 rings (SSSR count). The Bertz CT molecular complexity index is 762. The second-order valence-corrected chi connectivity index (χ2v) is 6.20. The number of thiophene rings is 1. The molecule has 0 spiro atoms. The Morgan fingerprint density at radius 1 is 1.29 bits per heavy atom. The Balaban J connectivity index is 1.72. The number of halogens is 1. The molecule has 1 aromatic carbocycles. The lowest BCUT2D eigenvalue weighted by molar-refractivity contribution is -0.380. The van der Waals surface area contributed by atoms with Crippen molar-refractivity contribution >= 4 is 39.8 Å². The van der Waals surface area contributed by atoms with Gasteiger partial charge in [-0.2, -0.15) is 0 Å². The fraction of sp³-hybridized carbons (Fsp3) is 0.200. The van der Waals surface area contributed by atoms with E-state index in [2.05, 4.69) is 5.32 Å². The largest absolute Gasteiger partial charge is 0.451 e. The lowest BCUT2D eigenvalue weighted by Crippen LogP contribution is -2.30. The maximum Gasteiger partial charge on any atom is 0.349 e. The Morgan fingerprint density at radius 3 is 2.75 bits per heavy atom. The predicted molar refractivity (Wildman–Crippen MR) is 89.4 cm³/mol. The average molecular weight is 369 g/mol. The summed E-state index contributed by atoms with van der Waals surface area (Å²) in [6, 6.07) is 9.78. The Labute approximate surface area is 146 Å². The van der Waals surface area contributed by atoms with Crippen LogP contribution in [0.1, 0.15) is 15.2 Å². The molecule has 1 aromatic heterocycles. The summed E-state index contributed by atoms with van der Waals surface area (Å²) in [5.41, 5.74) is 0.977. The van der Waals surface area contributed by atoms with Gasteiger partial charge in [0.05, 0.1) is 4.92 Å². The van der Waals surface area contributed by atoms with Crippen molar-refractivity contribution in [3.8, 4) is 0 Å². The summed E-state index contributed by atoms with van der Waals surface area (Å²) in [5.74, 6) is -1.21. The van der Waals surface area contributed by atoms with Crippen molar-refractivity contribution in [3.63, 3.8) is 0 Å². The minimum Gasteiger partial charge on any atom is -0.451 e. The molecule has 1 heterocycles. The van der Waals surface area contributed by atoms with E-state index in [0.717, 1.165) is 5.56 Å². The van der Waals surface area contributed by atoms with E-state index in [4.69, 9.17) is 16.3 Å². The number of ether oxygens (including phenoxy) is 1. The third-order valence-electron chi connectivity index (χ3n) is 2.93. The highest BCUT2D eigenvalue weighted by Gasteiger charge is 2.17. The fourth-order valence-corrected chi connectivity index (χ4v) is 2.75. The lowest BCUT2D eigenvalue weighted by Gasteiger charge is -2.06. The number of rotatable bonds is 7. The van der Waals surface area contributed by atoms with E-state index in [0.29, 0.717) is 29.3 Å². The minimum atomic E-state index is -0.766. The Morgan fingerprint density at radius 2 is 2.08 bits per heavy atom. The molecule has 0 atom stereocenters. The van der Waals surface area contributed by atoms with E-state index >= 15 is 0 Å². The first kappa shape index (κ1) is 17.9. The first-order valence-corrected chi connectivity index (χ1v) is 8.07. The molecule has 1 amide bonds. The van der Waals surface area contributed by atoms with Crippen molar-refractivity contribution in [2.45, 2.75) is 6.42 Å². The van der Waals surface area contributed by atoms with Crippen LogP contribution in [0.5, 0.6) is 0 Å². The number of esters is 1. The van der Waals surface area contributed by atoms with Crippen LogP contribution >= 0.6 is 22.9 Å². The standard InChI is InChI=1S/C15H13ClN2O5S/c16-11-3-1-2-10(8-11)6-7-17-13(19)9-23-15(20)12-4-5-14(24-12)18(21)22/h1-5,8H,6-7,9H2,(H,17,19). The smallest absolute Gasteiger partial charge is 0.349 e. The summed E-state index contributed by atoms with van der Waals surface area (Å²) in [4.78, 5) is 33.4. The van der Waals surface area contributed by atoms with Crippen LogP contribution in [0.15, 0.2) is 36.4 Å². The van der Waals surface area contributed by atoms with Gasteiger partial charge in [0.25, 0.3) is 5.91 Å². The first-order valence-electron chi connectivity index (χ1n) is 6.88. The zero-order chi connectivity index (χ0) is 17.5. The highest BCUT2D eigenvalue weighted by atomic mass is 35.5. The van der Waals surface area contributed by atoms with Gasteiger partial charge in [-0.25, -0.2) is 4.79 Å². The van der Waals surface area contributed by atoms with Crippen LogP contribution in [0.25, 0.3) is 0 Å². The van der Waals surface area contributed by atoms with Crippen molar-refractivity contribution in [3.05, 3.63) is 62.0 Å². The monoisotopic (exact) mass is 368 g/mol. The Hall–Kier alpha value is -2.45. The molecule has 0 fully saturated rings. The van der Waals surface area contributed by atoms with Gasteiger partial charge < -0.3 is 10.1 Å². The maximum absolute atomic E-state index is 11.7. The molecule has 0 unspecified atom stereocenters. The van der Waals surface area contributed by atoms with Crippen molar-refractivity contribution in [1.82, 2.24) is 5.32 Å². The number of carbonyl (C=O) groups excluding carboxylic acids is 2. The lowest BCUT2D eigenvalue weighted by atomic mass is 10.1. The van der Waals surface area contributed by atoms with E-state index in [1.165, 1.54) is 12.1 Å². The zero-order valence-corrected chi connectivity index (χ0v) is 13.9. The van der Waals surface area contributed by atoms with Gasteiger partial charge in [0.1, 0.15) is 4.88 Å². The first-order chi connectivity index (χ1) is 11.5. The van der Waals surface area contributed by atoms with Crippen LogP contribution < -0.4 is 5.32 Å². The SMILES string of the molecule is O=C(COC(=O)c1ccc([N+](=O)[O-])s1)NCCc1cccc(Cl)c1. The normalized spacial score (nSPS) is 10.2. The van der Waals surface area contributed by atoms with Gasteiger partial charge in [0.2, 0.25) is 0 Å². The minimum absolute atomic E-state index is 0.0772. The molecule has 1 N–H and O–H groups in total. The molecule has 9 heteroatoms. The second kappa shape index (κ2) is 8.42. The summed E-state index contributed by atoms with van der Waals surface area (Å²) in [7, 11) is 0. The van der Waals surface area contributed by atoms with Crippen LogP contribution in [0.2, 0.25) is 5.02 Å². The fourth-order valence-electron chi connectivity index (χ4n) is 1.83. The topological polar surface area (TPSA) is 98.5 Å². The highest BCUT2D eigenvalue weighted by molar-refractivity contribution is 7.17. The van der Waals surface area contributed by atoms with Crippen molar-refractivity contribution < 1.29 is 19.2 Å². The number of hydrogen-bond donors (Lipinski definition) is 1. The summed E-state index contributed by atoms with van der Waals surface area (Å²) in [6.45, 7) is -0.0682. The number of hydrogen-bond acceptors (Lipinski definition) is 6. The van der Waals surface area contributed by atoms with Gasteiger partial charge in [-0.1, -0.05) is 35.1 Å². The third-order valence-corrected chi connectivity index (χ3v) is 4.18. The molecule has 7 nitrogen and oxygen atoms in total. The van der Waals surface area contributed by atoms with Gasteiger partial charge in [-0.3, -0.25) is 14.9 Å². The van der Waals surface area contributed by atoms with Gasteiger partial charge >= 0.3 is 11.0 Å². The van der Waals surface area contributed by atoms with Gasteiger partial charge in [-0.15, -0.1) is 0 Å². The van der Waals surface area contributed by atoms with Crippen molar-refractivity contribution in [1.29, 1.82) is 0 Å². The van der Waals surface area contributed by atoms with Crippen LogP contribution in [0, 0.1) is 10.1 Å². The number of nitrogens with one attached hydrogen (secondary N) is 1. The van der Waals surface area contributed by atoms with E-state index < -0.39 is 23.4 Å². The number of nitro groups is 1. The van der Waals surface area contributed by atoms with Crippen LogP contribution in [-0.2, 0) is 16.0 Å². The summed E-state index contributed by atoms with van der Waals surface area (Å²) in [6.07, 6.45) is 0.595. The van der Waals surface area contributed by atoms with Crippen LogP contribution in [0.3, 0.4) is 0 Å². The second-order valence-electron chi connectivity index (χ2n) is 4.70. The van der Waals surface area contributed by atoms with Gasteiger partial charge in [0.15, 0.2) is 6.61 Å². The molecule has 0 aliphatic rings. The number of benzene rings is 1. The maximum atomic E-state index is 11.7. The number of carbonyl (C=O) groups is 2. The van der Waals surface area contributed by atoms with Crippen LogP contribution in [-0.4, -0.2) is 30.0 Å². The molecule has 0 bridgehead atoms. The van der Waals surface area contributed by atoms with E-state index in [-0.39, 0.29) is 9.88 Å². The van der Waals surface area contributed by atoms with E-state index in [9.17, 15) is 19.7 Å². The molecule has 0 aliphatic heterocycles. The highest BCUT2D eigenvalue weighted by Crippen LogP contribution is 2.24. The summed E-state index contributed by atoms with van der Waals surface area (Å²) < 4.78 is 4.82. The molecule has 24 heavy (non-hydrogen) atoms. The molecule has 0 aliphatic carbocycles. The molecule has 0 saturated carbocycles. The summed E-state index contributed by atoms with van der Waals surface area (Å²) >= 11 is 6.56. The number of amides is 1. The molecule has 0 saturated heterocycles.